The van der Waals surface area contributed by atoms with Gasteiger partial charge in [-0.1, -0.05) is 43.7 Å². The van der Waals surface area contributed by atoms with Gasteiger partial charge in [0.2, 0.25) is 4.96 Å². The number of hydrogen-bond donors (Lipinski definition) is 2. The largest absolute Gasteiger partial charge is 0.391 e. The van der Waals surface area contributed by atoms with Gasteiger partial charge in [0.15, 0.2) is 0 Å². The summed E-state index contributed by atoms with van der Waals surface area (Å²) >= 11 is 7.63. The number of aliphatic hydroxyl groups is 1. The van der Waals surface area contributed by atoms with Gasteiger partial charge in [-0.05, 0) is 18.9 Å². The van der Waals surface area contributed by atoms with E-state index in [0.29, 0.717) is 17.4 Å². The number of imidazole rings is 1. The first-order valence-corrected chi connectivity index (χ1v) is 9.97. The van der Waals surface area contributed by atoms with Gasteiger partial charge >= 0.3 is 0 Å². The average molecular weight is 410 g/mol. The van der Waals surface area contributed by atoms with Crippen LogP contribution in [0.5, 0.6) is 0 Å². The molecular formula is C18H24ClN5O2S. The van der Waals surface area contributed by atoms with E-state index in [-0.39, 0.29) is 11.5 Å². The number of rotatable bonds is 1. The first-order valence-electron chi connectivity index (χ1n) is 8.78. The van der Waals surface area contributed by atoms with Crippen LogP contribution >= 0.6 is 22.9 Å². The fraction of sp³-hybridized carbons (Fsp3) is 0.500. The Bertz CT molecular complexity index is 881. The van der Waals surface area contributed by atoms with Crippen molar-refractivity contribution in [3.63, 3.8) is 0 Å². The van der Waals surface area contributed by atoms with Crippen LogP contribution in [0.3, 0.4) is 0 Å². The molecule has 0 amide bonds. The van der Waals surface area contributed by atoms with Crippen LogP contribution in [0.4, 0.5) is 5.82 Å². The minimum atomic E-state index is -0.186. The molecule has 3 aromatic heterocycles. The van der Waals surface area contributed by atoms with Crippen molar-refractivity contribution in [1.29, 1.82) is 0 Å². The second-order valence-corrected chi connectivity index (χ2v) is 8.83. The minimum absolute atomic E-state index is 0.00627. The SMILES string of the molecule is CC(C)(C)c1cn2nc(-c3cc(N)ncc3Cl)sc2n1.OC1CCCOC1. The molecule has 1 aliphatic heterocycles. The summed E-state index contributed by atoms with van der Waals surface area (Å²) in [5.41, 5.74) is 7.51. The van der Waals surface area contributed by atoms with Crippen molar-refractivity contribution >= 4 is 33.7 Å². The highest BCUT2D eigenvalue weighted by atomic mass is 35.5. The van der Waals surface area contributed by atoms with Crippen molar-refractivity contribution < 1.29 is 9.84 Å². The number of hydrogen-bond acceptors (Lipinski definition) is 7. The van der Waals surface area contributed by atoms with Crippen LogP contribution in [0.25, 0.3) is 15.5 Å². The Kier molecular flexibility index (Phi) is 6.00. The molecule has 9 heteroatoms. The topological polar surface area (TPSA) is 98.6 Å². The molecule has 1 aliphatic rings. The normalized spacial score (nSPS) is 17.6. The van der Waals surface area contributed by atoms with Crippen LogP contribution in [0.1, 0.15) is 39.3 Å². The van der Waals surface area contributed by atoms with Crippen LogP contribution in [-0.2, 0) is 10.2 Å². The smallest absolute Gasteiger partial charge is 0.212 e. The van der Waals surface area contributed by atoms with Crippen molar-refractivity contribution in [3.05, 3.63) is 29.2 Å². The molecule has 1 saturated heterocycles. The van der Waals surface area contributed by atoms with Gasteiger partial charge in [0.05, 0.1) is 29.6 Å². The molecule has 0 aliphatic carbocycles. The fourth-order valence-electron chi connectivity index (χ4n) is 2.51. The van der Waals surface area contributed by atoms with Gasteiger partial charge in [-0.3, -0.25) is 0 Å². The monoisotopic (exact) mass is 409 g/mol. The highest BCUT2D eigenvalue weighted by Crippen LogP contribution is 2.33. The molecule has 7 nitrogen and oxygen atoms in total. The first-order chi connectivity index (χ1) is 12.7. The van der Waals surface area contributed by atoms with E-state index >= 15 is 0 Å². The molecule has 4 heterocycles. The molecule has 0 aromatic carbocycles. The van der Waals surface area contributed by atoms with E-state index in [1.54, 1.807) is 10.6 Å². The summed E-state index contributed by atoms with van der Waals surface area (Å²) < 4.78 is 6.72. The predicted molar refractivity (Wildman–Crippen MR) is 108 cm³/mol. The van der Waals surface area contributed by atoms with E-state index in [4.69, 9.17) is 27.2 Å². The Morgan fingerprint density at radius 2 is 2.19 bits per heavy atom. The third-order valence-electron chi connectivity index (χ3n) is 4.05. The van der Waals surface area contributed by atoms with Crippen molar-refractivity contribution in [2.75, 3.05) is 18.9 Å². The summed E-state index contributed by atoms with van der Waals surface area (Å²) in [5.74, 6) is 0.424. The summed E-state index contributed by atoms with van der Waals surface area (Å²) in [6.07, 6.45) is 5.24. The molecule has 0 radical (unpaired) electrons. The van der Waals surface area contributed by atoms with Gasteiger partial charge in [-0.2, -0.15) is 5.10 Å². The number of pyridine rings is 1. The highest BCUT2D eigenvalue weighted by molar-refractivity contribution is 7.19. The molecule has 146 valence electrons. The van der Waals surface area contributed by atoms with Gasteiger partial charge in [-0.25, -0.2) is 14.5 Å². The van der Waals surface area contributed by atoms with Crippen molar-refractivity contribution in [2.24, 2.45) is 0 Å². The third kappa shape index (κ3) is 4.95. The van der Waals surface area contributed by atoms with Crippen LogP contribution in [-0.4, -0.2) is 44.0 Å². The zero-order valence-electron chi connectivity index (χ0n) is 15.6. The molecule has 27 heavy (non-hydrogen) atoms. The zero-order valence-corrected chi connectivity index (χ0v) is 17.2. The molecule has 1 unspecified atom stereocenters. The average Bonchev–Trinajstić information content (AvgIpc) is 3.17. The molecule has 3 aromatic rings. The Balaban J connectivity index is 0.000000253. The second-order valence-electron chi connectivity index (χ2n) is 7.47. The number of aliphatic hydroxyl groups excluding tert-OH is 1. The summed E-state index contributed by atoms with van der Waals surface area (Å²) in [6.45, 7) is 7.75. The van der Waals surface area contributed by atoms with Gasteiger partial charge in [0.25, 0.3) is 0 Å². The van der Waals surface area contributed by atoms with Gasteiger partial charge < -0.3 is 15.6 Å². The first kappa shape index (κ1) is 20.0. The Hall–Kier alpha value is -1.74. The minimum Gasteiger partial charge on any atom is -0.391 e. The Morgan fingerprint density at radius 1 is 1.41 bits per heavy atom. The number of ether oxygens (including phenoxy) is 1. The summed E-state index contributed by atoms with van der Waals surface area (Å²) in [7, 11) is 0. The van der Waals surface area contributed by atoms with Crippen LogP contribution in [0, 0.1) is 0 Å². The number of aromatic nitrogens is 4. The van der Waals surface area contributed by atoms with Crippen molar-refractivity contribution in [3.8, 4) is 10.6 Å². The van der Waals surface area contributed by atoms with Gasteiger partial charge in [0.1, 0.15) is 10.8 Å². The van der Waals surface area contributed by atoms with E-state index in [2.05, 4.69) is 35.8 Å². The second kappa shape index (κ2) is 8.10. The summed E-state index contributed by atoms with van der Waals surface area (Å²) in [4.78, 5) is 9.41. The van der Waals surface area contributed by atoms with Crippen molar-refractivity contribution in [2.45, 2.75) is 45.1 Å². The molecule has 0 saturated carbocycles. The van der Waals surface area contributed by atoms with Crippen LogP contribution in [0.2, 0.25) is 5.02 Å². The maximum atomic E-state index is 8.78. The maximum absolute atomic E-state index is 8.78. The van der Waals surface area contributed by atoms with E-state index in [9.17, 15) is 0 Å². The molecule has 3 N–H and O–H groups in total. The number of nitrogens with two attached hydrogens (primary N) is 1. The maximum Gasteiger partial charge on any atom is 0.212 e. The molecule has 1 atom stereocenters. The number of fused-ring (bicyclic) bond motifs is 1. The number of nitrogens with zero attached hydrogens (tertiary/aromatic N) is 4. The Labute approximate surface area is 167 Å². The predicted octanol–water partition coefficient (Wildman–Crippen LogP) is 3.54. The van der Waals surface area contributed by atoms with Gasteiger partial charge in [-0.15, -0.1) is 0 Å². The molecule has 4 rings (SSSR count). The molecular weight excluding hydrogens is 386 g/mol. The van der Waals surface area contributed by atoms with E-state index in [1.807, 2.05) is 6.20 Å². The molecule has 0 spiro atoms. The summed E-state index contributed by atoms with van der Waals surface area (Å²) in [5, 5.41) is 14.6. The quantitative estimate of drug-likeness (QED) is 0.637. The van der Waals surface area contributed by atoms with E-state index in [1.165, 1.54) is 17.5 Å². The lowest BCUT2D eigenvalue weighted by molar-refractivity contribution is -0.00535. The van der Waals surface area contributed by atoms with Gasteiger partial charge in [0, 0.05) is 23.8 Å². The third-order valence-corrected chi connectivity index (χ3v) is 5.31. The fourth-order valence-corrected chi connectivity index (χ4v) is 3.67. The van der Waals surface area contributed by atoms with Crippen LogP contribution in [0.15, 0.2) is 18.5 Å². The number of anilines is 1. The Morgan fingerprint density at radius 3 is 2.74 bits per heavy atom. The van der Waals surface area contributed by atoms with E-state index in [0.717, 1.165) is 40.7 Å². The summed E-state index contributed by atoms with van der Waals surface area (Å²) in [6, 6.07) is 1.73. The molecule has 0 bridgehead atoms. The lowest BCUT2D eigenvalue weighted by Crippen LogP contribution is -2.21. The van der Waals surface area contributed by atoms with Crippen LogP contribution < -0.4 is 5.73 Å². The lowest BCUT2D eigenvalue weighted by Gasteiger charge is -2.15. The number of nitrogen functional groups attached to an aromatic ring is 1. The van der Waals surface area contributed by atoms with Crippen molar-refractivity contribution in [1.82, 2.24) is 19.6 Å². The highest BCUT2D eigenvalue weighted by Gasteiger charge is 2.20. The lowest BCUT2D eigenvalue weighted by atomic mass is 9.93. The van der Waals surface area contributed by atoms with E-state index < -0.39 is 0 Å². The standard InChI is InChI=1S/C13H14ClN5S.C5H10O2/c1-13(2,3)9-6-19-12(17-9)20-11(18-19)7-4-10(15)16-5-8(7)14;6-5-2-1-3-7-4-5/h4-6H,1-3H3,(H2,15,16);5-6H,1-4H2. The number of halogens is 1. The zero-order chi connectivity index (χ0) is 19.6. The molecule has 1 fully saturated rings.